The van der Waals surface area contributed by atoms with Crippen LogP contribution in [0.3, 0.4) is 0 Å². The summed E-state index contributed by atoms with van der Waals surface area (Å²) in [5.74, 6) is 1.99. The number of nitrogens with one attached hydrogen (secondary N) is 1. The van der Waals surface area contributed by atoms with Crippen LogP contribution in [0.25, 0.3) is 11.1 Å². The summed E-state index contributed by atoms with van der Waals surface area (Å²) in [6.07, 6.45) is 5.22. The molecule has 1 aliphatic carbocycles. The van der Waals surface area contributed by atoms with Crippen molar-refractivity contribution in [2.24, 2.45) is 10.9 Å². The summed E-state index contributed by atoms with van der Waals surface area (Å²) in [5.41, 5.74) is 12.1. The normalized spacial score (nSPS) is 24.9. The van der Waals surface area contributed by atoms with E-state index >= 15 is 0 Å². The summed E-state index contributed by atoms with van der Waals surface area (Å²) < 4.78 is 0. The molecule has 3 aliphatic rings. The molecule has 0 bridgehead atoms. The number of rotatable bonds is 5. The van der Waals surface area contributed by atoms with E-state index in [2.05, 4.69) is 46.6 Å². The standard InChI is InChI=1S/C23H29N5O2/c1-23(18-7-8-18,21-26-22(30-27-21)28-12-10-19(29)11-13-28)17-5-2-15(3-6-17)16-4-9-20(24)25-14-16/h2-6,9,14,18-19,22,29H,7-8,10-13H2,1H3,(H2,24,25)(H,26,27)/t22?,23-/m0/s1. The topological polar surface area (TPSA) is 96.0 Å². The van der Waals surface area contributed by atoms with Crippen LogP contribution in [-0.2, 0) is 10.3 Å². The number of amidine groups is 1. The van der Waals surface area contributed by atoms with Crippen LogP contribution in [0.5, 0.6) is 0 Å². The molecule has 158 valence electrons. The number of benzene rings is 1. The fraction of sp³-hybridized carbons (Fsp3) is 0.478. The number of anilines is 1. The first-order valence-electron chi connectivity index (χ1n) is 10.8. The smallest absolute Gasteiger partial charge is 0.233 e. The van der Waals surface area contributed by atoms with Gasteiger partial charge in [0.05, 0.1) is 11.5 Å². The summed E-state index contributed by atoms with van der Waals surface area (Å²) in [7, 11) is 0. The summed E-state index contributed by atoms with van der Waals surface area (Å²) in [4.78, 5) is 17.2. The van der Waals surface area contributed by atoms with Gasteiger partial charge >= 0.3 is 0 Å². The molecule has 0 amide bonds. The third-order valence-corrected chi connectivity index (χ3v) is 6.80. The van der Waals surface area contributed by atoms with E-state index in [0.29, 0.717) is 11.7 Å². The Morgan fingerprint density at radius 1 is 1.07 bits per heavy atom. The molecule has 30 heavy (non-hydrogen) atoms. The van der Waals surface area contributed by atoms with Crippen LogP contribution < -0.4 is 11.2 Å². The maximum atomic E-state index is 9.77. The number of hydroxylamine groups is 1. The minimum atomic E-state index is -0.314. The predicted molar refractivity (Wildman–Crippen MR) is 116 cm³/mol. The van der Waals surface area contributed by atoms with Gasteiger partial charge in [0, 0.05) is 24.8 Å². The van der Waals surface area contributed by atoms with E-state index < -0.39 is 0 Å². The highest BCUT2D eigenvalue weighted by molar-refractivity contribution is 5.93. The molecule has 1 aromatic carbocycles. The average Bonchev–Trinajstić information content (AvgIpc) is 3.52. The lowest BCUT2D eigenvalue weighted by atomic mass is 9.76. The zero-order valence-corrected chi connectivity index (χ0v) is 17.3. The number of piperidine rings is 1. The number of aliphatic hydroxyl groups is 1. The van der Waals surface area contributed by atoms with Gasteiger partial charge in [-0.25, -0.2) is 20.3 Å². The van der Waals surface area contributed by atoms with Crippen LogP contribution in [0.4, 0.5) is 5.82 Å². The Bertz CT molecular complexity index is 918. The van der Waals surface area contributed by atoms with Crippen LogP contribution in [0.1, 0.15) is 38.2 Å². The van der Waals surface area contributed by atoms with Crippen molar-refractivity contribution in [2.45, 2.75) is 50.5 Å². The highest BCUT2D eigenvalue weighted by atomic mass is 16.7. The predicted octanol–water partition coefficient (Wildman–Crippen LogP) is 2.67. The van der Waals surface area contributed by atoms with Crippen molar-refractivity contribution < 1.29 is 9.94 Å². The molecule has 2 fully saturated rings. The summed E-state index contributed by atoms with van der Waals surface area (Å²) in [6.45, 7) is 3.87. The molecule has 5 rings (SSSR count). The quantitative estimate of drug-likeness (QED) is 0.705. The van der Waals surface area contributed by atoms with Crippen molar-refractivity contribution in [3.8, 4) is 11.1 Å². The van der Waals surface area contributed by atoms with Crippen molar-refractivity contribution in [1.82, 2.24) is 15.4 Å². The molecule has 1 saturated heterocycles. The second kappa shape index (κ2) is 7.65. The van der Waals surface area contributed by atoms with Gasteiger partial charge in [0.25, 0.3) is 0 Å². The fourth-order valence-electron chi connectivity index (χ4n) is 4.59. The number of hydrogen-bond acceptors (Lipinski definition) is 7. The van der Waals surface area contributed by atoms with Crippen molar-refractivity contribution in [3.05, 3.63) is 48.2 Å². The molecular weight excluding hydrogens is 378 g/mol. The lowest BCUT2D eigenvalue weighted by Gasteiger charge is -2.31. The monoisotopic (exact) mass is 407 g/mol. The summed E-state index contributed by atoms with van der Waals surface area (Å²) in [5, 5.41) is 9.77. The van der Waals surface area contributed by atoms with Crippen molar-refractivity contribution >= 4 is 11.7 Å². The Morgan fingerprint density at radius 2 is 1.77 bits per heavy atom. The van der Waals surface area contributed by atoms with Gasteiger partial charge in [-0.15, -0.1) is 0 Å². The molecule has 0 spiro atoms. The van der Waals surface area contributed by atoms with E-state index in [9.17, 15) is 5.11 Å². The first-order valence-corrected chi connectivity index (χ1v) is 10.8. The molecule has 3 heterocycles. The Kier molecular flexibility index (Phi) is 4.97. The van der Waals surface area contributed by atoms with Gasteiger partial charge < -0.3 is 10.8 Å². The number of likely N-dealkylation sites (tertiary alicyclic amines) is 1. The summed E-state index contributed by atoms with van der Waals surface area (Å²) in [6, 6.07) is 12.5. The minimum Gasteiger partial charge on any atom is -0.393 e. The zero-order valence-electron chi connectivity index (χ0n) is 17.3. The number of nitrogens with two attached hydrogens (primary N) is 1. The van der Waals surface area contributed by atoms with E-state index in [-0.39, 0.29) is 17.9 Å². The number of nitrogen functional groups attached to an aromatic ring is 1. The lowest BCUT2D eigenvalue weighted by molar-refractivity contribution is -0.0841. The molecule has 7 nitrogen and oxygen atoms in total. The lowest BCUT2D eigenvalue weighted by Crippen LogP contribution is -2.43. The third kappa shape index (κ3) is 3.57. The van der Waals surface area contributed by atoms with E-state index in [1.165, 1.54) is 18.4 Å². The number of aliphatic hydroxyl groups excluding tert-OH is 1. The molecule has 1 aromatic heterocycles. The van der Waals surface area contributed by atoms with E-state index in [1.54, 1.807) is 6.20 Å². The Balaban J connectivity index is 1.39. The van der Waals surface area contributed by atoms with Gasteiger partial charge in [-0.05, 0) is 61.8 Å². The molecule has 7 heteroatoms. The summed E-state index contributed by atoms with van der Waals surface area (Å²) >= 11 is 0. The maximum Gasteiger partial charge on any atom is 0.233 e. The average molecular weight is 408 g/mol. The zero-order chi connectivity index (χ0) is 20.7. The van der Waals surface area contributed by atoms with Crippen LogP contribution in [-0.4, -0.2) is 46.4 Å². The number of aliphatic imine (C=N–C) groups is 1. The molecular formula is C23H29N5O2. The molecule has 2 aromatic rings. The highest BCUT2D eigenvalue weighted by Gasteiger charge is 2.49. The van der Waals surface area contributed by atoms with Gasteiger partial charge in [0.2, 0.25) is 6.35 Å². The number of aromatic nitrogens is 1. The first kappa shape index (κ1) is 19.5. The molecule has 2 atom stereocenters. The van der Waals surface area contributed by atoms with E-state index in [4.69, 9.17) is 15.6 Å². The van der Waals surface area contributed by atoms with Crippen LogP contribution >= 0.6 is 0 Å². The number of nitrogens with zero attached hydrogens (tertiary/aromatic N) is 3. The van der Waals surface area contributed by atoms with Gasteiger partial charge in [-0.3, -0.25) is 4.90 Å². The molecule has 0 radical (unpaired) electrons. The van der Waals surface area contributed by atoms with Crippen molar-refractivity contribution in [3.63, 3.8) is 0 Å². The largest absolute Gasteiger partial charge is 0.393 e. The van der Waals surface area contributed by atoms with E-state index in [1.807, 2.05) is 12.1 Å². The number of hydrogen-bond donors (Lipinski definition) is 3. The Morgan fingerprint density at radius 3 is 2.40 bits per heavy atom. The van der Waals surface area contributed by atoms with Crippen molar-refractivity contribution in [2.75, 3.05) is 18.8 Å². The molecule has 1 saturated carbocycles. The fourth-order valence-corrected chi connectivity index (χ4v) is 4.59. The second-order valence-corrected chi connectivity index (χ2v) is 8.82. The molecule has 4 N–H and O–H groups in total. The van der Waals surface area contributed by atoms with Gasteiger partial charge in [-0.1, -0.05) is 24.3 Å². The third-order valence-electron chi connectivity index (χ3n) is 6.80. The van der Waals surface area contributed by atoms with Crippen LogP contribution in [0, 0.1) is 5.92 Å². The maximum absolute atomic E-state index is 9.77. The van der Waals surface area contributed by atoms with Crippen LogP contribution in [0.2, 0.25) is 0 Å². The van der Waals surface area contributed by atoms with Gasteiger partial charge in [0.15, 0.2) is 0 Å². The Labute approximate surface area is 176 Å². The first-order chi connectivity index (χ1) is 14.5. The minimum absolute atomic E-state index is 0.203. The van der Waals surface area contributed by atoms with Crippen molar-refractivity contribution in [1.29, 1.82) is 0 Å². The van der Waals surface area contributed by atoms with Gasteiger partial charge in [0.1, 0.15) is 11.7 Å². The highest BCUT2D eigenvalue weighted by Crippen LogP contribution is 2.48. The number of pyridine rings is 1. The molecule has 2 aliphatic heterocycles. The van der Waals surface area contributed by atoms with Gasteiger partial charge in [-0.2, -0.15) is 0 Å². The van der Waals surface area contributed by atoms with E-state index in [0.717, 1.165) is 42.9 Å². The molecule has 1 unspecified atom stereocenters. The Hall–Kier alpha value is -2.48. The van der Waals surface area contributed by atoms with Crippen LogP contribution in [0.15, 0.2) is 47.6 Å². The SMILES string of the molecule is C[C@](C1=NC(N2CCC(O)CC2)ON1)(c1ccc(-c2ccc(N)nc2)cc1)C1CC1. The second-order valence-electron chi connectivity index (χ2n) is 8.82.